The molecule has 2 aromatic rings. The van der Waals surface area contributed by atoms with Crippen molar-refractivity contribution in [2.45, 2.75) is 19.3 Å². The van der Waals surface area contributed by atoms with Gasteiger partial charge in [0.25, 0.3) is 0 Å². The molecule has 0 radical (unpaired) electrons. The topological polar surface area (TPSA) is 29.3 Å². The Morgan fingerprint density at radius 2 is 2.47 bits per heavy atom. The van der Waals surface area contributed by atoms with E-state index in [0.717, 1.165) is 13.1 Å². The van der Waals surface area contributed by atoms with Crippen LogP contribution in [0.15, 0.2) is 24.5 Å². The predicted octanol–water partition coefficient (Wildman–Crippen LogP) is 1.72. The van der Waals surface area contributed by atoms with Gasteiger partial charge in [0, 0.05) is 18.7 Å². The average molecular weight is 201 g/mol. The Bertz CT molecular complexity index is 481. The van der Waals surface area contributed by atoms with Crippen LogP contribution in [0.1, 0.15) is 23.7 Å². The summed E-state index contributed by atoms with van der Waals surface area (Å²) in [6.07, 6.45) is 5.30. The molecule has 0 bridgehead atoms. The van der Waals surface area contributed by atoms with Crippen LogP contribution in [0.25, 0.3) is 5.52 Å². The lowest BCUT2D eigenvalue weighted by molar-refractivity contribution is 0.698. The van der Waals surface area contributed by atoms with E-state index in [4.69, 9.17) is 0 Å². The van der Waals surface area contributed by atoms with Gasteiger partial charge in [-0.2, -0.15) is 0 Å². The summed E-state index contributed by atoms with van der Waals surface area (Å²) in [5, 5.41) is 3.38. The van der Waals surface area contributed by atoms with E-state index in [-0.39, 0.29) is 0 Å². The molecule has 3 nitrogen and oxygen atoms in total. The summed E-state index contributed by atoms with van der Waals surface area (Å²) < 4.78 is 2.21. The SMILES string of the molecule is Cc1ccn2c(C3CCNC3)ncc2c1. The molecular formula is C12H15N3. The smallest absolute Gasteiger partial charge is 0.117 e. The molecule has 3 heterocycles. The number of aromatic nitrogens is 2. The van der Waals surface area contributed by atoms with Crippen LogP contribution in [0, 0.1) is 6.92 Å². The predicted molar refractivity (Wildman–Crippen MR) is 60.2 cm³/mol. The van der Waals surface area contributed by atoms with Crippen molar-refractivity contribution in [3.63, 3.8) is 0 Å². The highest BCUT2D eigenvalue weighted by Gasteiger charge is 2.20. The first kappa shape index (κ1) is 8.92. The van der Waals surface area contributed by atoms with Crippen LogP contribution in [0.5, 0.6) is 0 Å². The summed E-state index contributed by atoms with van der Waals surface area (Å²) in [6.45, 7) is 4.29. The van der Waals surface area contributed by atoms with E-state index >= 15 is 0 Å². The summed E-state index contributed by atoms with van der Waals surface area (Å²) in [7, 11) is 0. The lowest BCUT2D eigenvalue weighted by atomic mass is 10.1. The van der Waals surface area contributed by atoms with Gasteiger partial charge in [-0.1, -0.05) is 0 Å². The molecule has 78 valence electrons. The normalized spacial score (nSPS) is 21.3. The molecule has 0 saturated carbocycles. The van der Waals surface area contributed by atoms with Crippen molar-refractivity contribution < 1.29 is 0 Å². The molecule has 2 aromatic heterocycles. The fraction of sp³-hybridized carbons (Fsp3) is 0.417. The van der Waals surface area contributed by atoms with Crippen LogP contribution in [0.3, 0.4) is 0 Å². The van der Waals surface area contributed by atoms with E-state index in [1.165, 1.54) is 23.3 Å². The first-order chi connectivity index (χ1) is 7.34. The molecule has 15 heavy (non-hydrogen) atoms. The quantitative estimate of drug-likeness (QED) is 0.761. The third-order valence-electron chi connectivity index (χ3n) is 3.14. The fourth-order valence-corrected chi connectivity index (χ4v) is 2.31. The molecule has 0 amide bonds. The van der Waals surface area contributed by atoms with Crippen LogP contribution < -0.4 is 5.32 Å². The minimum Gasteiger partial charge on any atom is -0.316 e. The van der Waals surface area contributed by atoms with Gasteiger partial charge in [-0.25, -0.2) is 4.98 Å². The Morgan fingerprint density at radius 3 is 3.27 bits per heavy atom. The van der Waals surface area contributed by atoms with Gasteiger partial charge in [-0.3, -0.25) is 0 Å². The number of rotatable bonds is 1. The van der Waals surface area contributed by atoms with Gasteiger partial charge in [0.15, 0.2) is 0 Å². The van der Waals surface area contributed by atoms with Crippen molar-refractivity contribution in [2.75, 3.05) is 13.1 Å². The number of hydrogen-bond acceptors (Lipinski definition) is 2. The minimum absolute atomic E-state index is 0.579. The van der Waals surface area contributed by atoms with Crippen LogP contribution >= 0.6 is 0 Å². The number of hydrogen-bond donors (Lipinski definition) is 1. The Morgan fingerprint density at radius 1 is 1.53 bits per heavy atom. The van der Waals surface area contributed by atoms with E-state index in [2.05, 4.69) is 40.0 Å². The van der Waals surface area contributed by atoms with Crippen LogP contribution in [-0.2, 0) is 0 Å². The second-order valence-corrected chi connectivity index (χ2v) is 4.31. The maximum Gasteiger partial charge on any atom is 0.117 e. The van der Waals surface area contributed by atoms with Crippen molar-refractivity contribution in [3.8, 4) is 0 Å². The lowest BCUT2D eigenvalue weighted by Crippen LogP contribution is -2.10. The fourth-order valence-electron chi connectivity index (χ4n) is 2.31. The summed E-state index contributed by atoms with van der Waals surface area (Å²) >= 11 is 0. The first-order valence-electron chi connectivity index (χ1n) is 5.49. The highest BCUT2D eigenvalue weighted by atomic mass is 15.0. The number of pyridine rings is 1. The average Bonchev–Trinajstić information content (AvgIpc) is 2.82. The third-order valence-corrected chi connectivity index (χ3v) is 3.14. The number of fused-ring (bicyclic) bond motifs is 1. The largest absolute Gasteiger partial charge is 0.316 e. The number of imidazole rings is 1. The zero-order valence-electron chi connectivity index (χ0n) is 8.90. The first-order valence-corrected chi connectivity index (χ1v) is 5.49. The van der Waals surface area contributed by atoms with E-state index in [1.807, 2.05) is 6.20 Å². The monoisotopic (exact) mass is 201 g/mol. The number of aryl methyl sites for hydroxylation is 1. The molecule has 1 fully saturated rings. The standard InChI is InChI=1S/C12H15N3/c1-9-3-5-15-11(6-9)8-14-12(15)10-2-4-13-7-10/h3,5-6,8,10,13H,2,4,7H2,1H3. The maximum absolute atomic E-state index is 4.54. The molecule has 0 aliphatic carbocycles. The molecule has 1 unspecified atom stereocenters. The third kappa shape index (κ3) is 1.43. The van der Waals surface area contributed by atoms with Crippen molar-refractivity contribution in [3.05, 3.63) is 35.9 Å². The maximum atomic E-state index is 4.54. The summed E-state index contributed by atoms with van der Waals surface area (Å²) in [5.41, 5.74) is 2.50. The van der Waals surface area contributed by atoms with Gasteiger partial charge >= 0.3 is 0 Å². The molecule has 3 heteroatoms. The van der Waals surface area contributed by atoms with Crippen molar-refractivity contribution >= 4 is 5.52 Å². The van der Waals surface area contributed by atoms with Gasteiger partial charge in [-0.05, 0) is 37.6 Å². The molecule has 3 rings (SSSR count). The Labute approximate surface area is 89.1 Å². The highest BCUT2D eigenvalue weighted by Crippen LogP contribution is 2.22. The zero-order chi connectivity index (χ0) is 10.3. The molecular weight excluding hydrogens is 186 g/mol. The Kier molecular flexibility index (Phi) is 1.99. The number of nitrogens with one attached hydrogen (secondary N) is 1. The zero-order valence-corrected chi connectivity index (χ0v) is 8.90. The van der Waals surface area contributed by atoms with Gasteiger partial charge in [0.2, 0.25) is 0 Å². The van der Waals surface area contributed by atoms with Gasteiger partial charge < -0.3 is 9.72 Å². The van der Waals surface area contributed by atoms with Crippen molar-refractivity contribution in [1.29, 1.82) is 0 Å². The molecule has 0 aromatic carbocycles. The summed E-state index contributed by atoms with van der Waals surface area (Å²) in [4.78, 5) is 4.54. The second kappa shape index (κ2) is 3.35. The Hall–Kier alpha value is -1.35. The van der Waals surface area contributed by atoms with Crippen LogP contribution in [-0.4, -0.2) is 22.5 Å². The molecule has 1 saturated heterocycles. The molecule has 1 aliphatic heterocycles. The van der Waals surface area contributed by atoms with Gasteiger partial charge in [0.1, 0.15) is 5.82 Å². The van der Waals surface area contributed by atoms with Gasteiger partial charge in [0.05, 0.1) is 11.7 Å². The summed E-state index contributed by atoms with van der Waals surface area (Å²) in [5.74, 6) is 1.78. The second-order valence-electron chi connectivity index (χ2n) is 4.31. The summed E-state index contributed by atoms with van der Waals surface area (Å²) in [6, 6.07) is 4.32. The molecule has 0 spiro atoms. The van der Waals surface area contributed by atoms with Crippen LogP contribution in [0.4, 0.5) is 0 Å². The van der Waals surface area contributed by atoms with E-state index in [9.17, 15) is 0 Å². The van der Waals surface area contributed by atoms with E-state index in [0.29, 0.717) is 5.92 Å². The van der Waals surface area contributed by atoms with Gasteiger partial charge in [-0.15, -0.1) is 0 Å². The van der Waals surface area contributed by atoms with E-state index in [1.54, 1.807) is 0 Å². The molecule has 1 atom stereocenters. The van der Waals surface area contributed by atoms with Crippen molar-refractivity contribution in [1.82, 2.24) is 14.7 Å². The Balaban J connectivity index is 2.11. The number of nitrogens with zero attached hydrogens (tertiary/aromatic N) is 2. The highest BCUT2D eigenvalue weighted by molar-refractivity contribution is 5.48. The van der Waals surface area contributed by atoms with Crippen LogP contribution in [0.2, 0.25) is 0 Å². The molecule has 1 aliphatic rings. The minimum atomic E-state index is 0.579. The molecule has 1 N–H and O–H groups in total. The lowest BCUT2D eigenvalue weighted by Gasteiger charge is -2.07. The van der Waals surface area contributed by atoms with Crippen molar-refractivity contribution in [2.24, 2.45) is 0 Å². The van der Waals surface area contributed by atoms with E-state index < -0.39 is 0 Å².